The van der Waals surface area contributed by atoms with E-state index in [1.807, 2.05) is 9.80 Å². The third-order valence-electron chi connectivity index (χ3n) is 5.17. The molecule has 2 aliphatic heterocycles. The van der Waals surface area contributed by atoms with Crippen molar-refractivity contribution in [3.05, 3.63) is 0 Å². The summed E-state index contributed by atoms with van der Waals surface area (Å²) in [6.07, 6.45) is 2.84. The monoisotopic (exact) mass is 396 g/mol. The molecule has 1 atom stereocenters. The number of hydrogen-bond acceptors (Lipinski definition) is 4. The Morgan fingerprint density at radius 2 is 1.56 bits per heavy atom. The zero-order valence-electron chi connectivity index (χ0n) is 15.5. The maximum absolute atomic E-state index is 12.3. The normalized spacial score (nSPS) is 20.2. The summed E-state index contributed by atoms with van der Waals surface area (Å²) < 4.78 is 0. The highest BCUT2D eigenvalue weighted by atomic mass is 35.5. The molecule has 2 saturated heterocycles. The Labute approximate surface area is 164 Å². The Hall–Kier alpha value is -0.560. The highest BCUT2D eigenvalue weighted by Gasteiger charge is 2.25. The first-order chi connectivity index (χ1) is 11.1. The predicted octanol–water partition coefficient (Wildman–Crippen LogP) is 1.23. The minimum absolute atomic E-state index is 0. The molecule has 8 heteroatoms. The van der Waals surface area contributed by atoms with Gasteiger partial charge >= 0.3 is 0 Å². The number of carbonyl (C=O) groups is 2. The van der Waals surface area contributed by atoms with Crippen LogP contribution in [0.3, 0.4) is 0 Å². The second-order valence-corrected chi connectivity index (χ2v) is 6.62. The number of carbonyl (C=O) groups excluding carboxylic acids is 2. The Morgan fingerprint density at radius 1 is 1.00 bits per heavy atom. The van der Waals surface area contributed by atoms with E-state index in [-0.39, 0.29) is 36.6 Å². The van der Waals surface area contributed by atoms with E-state index < -0.39 is 0 Å². The van der Waals surface area contributed by atoms with Crippen molar-refractivity contribution in [2.45, 2.75) is 33.1 Å². The molecule has 2 rings (SSSR count). The van der Waals surface area contributed by atoms with Gasteiger partial charge in [0.2, 0.25) is 11.8 Å². The first kappa shape index (κ1) is 24.4. The van der Waals surface area contributed by atoms with E-state index in [0.29, 0.717) is 45.1 Å². The van der Waals surface area contributed by atoms with Gasteiger partial charge in [-0.05, 0) is 44.9 Å². The molecule has 0 spiro atoms. The lowest BCUT2D eigenvalue weighted by Crippen LogP contribution is -2.52. The van der Waals surface area contributed by atoms with E-state index in [0.717, 1.165) is 32.6 Å². The number of halogens is 2. The molecule has 0 saturated carbocycles. The van der Waals surface area contributed by atoms with E-state index in [2.05, 4.69) is 24.1 Å². The fourth-order valence-corrected chi connectivity index (χ4v) is 3.39. The standard InChI is InChI=1S/C17H32N4O2.2ClH/c1-3-19(4-2)14-17(23)21-11-9-20(10-12-21)16(22)6-5-15-7-8-18-13-15;;/h15,18H,3-14H2,1-2H3;2*1H. The average Bonchev–Trinajstić information content (AvgIpc) is 3.11. The Kier molecular flexibility index (Phi) is 12.5. The van der Waals surface area contributed by atoms with Crippen LogP contribution in [0.4, 0.5) is 0 Å². The van der Waals surface area contributed by atoms with Gasteiger partial charge in [0.05, 0.1) is 6.54 Å². The van der Waals surface area contributed by atoms with Crippen molar-refractivity contribution in [3.8, 4) is 0 Å². The third-order valence-corrected chi connectivity index (χ3v) is 5.17. The fraction of sp³-hybridized carbons (Fsp3) is 0.882. The Morgan fingerprint density at radius 3 is 2.04 bits per heavy atom. The van der Waals surface area contributed by atoms with Crippen LogP contribution in [-0.2, 0) is 9.59 Å². The van der Waals surface area contributed by atoms with Crippen LogP contribution in [0.15, 0.2) is 0 Å². The van der Waals surface area contributed by atoms with Crippen molar-refractivity contribution < 1.29 is 9.59 Å². The third kappa shape index (κ3) is 7.69. The quantitative estimate of drug-likeness (QED) is 0.702. The largest absolute Gasteiger partial charge is 0.339 e. The minimum Gasteiger partial charge on any atom is -0.339 e. The van der Waals surface area contributed by atoms with Gasteiger partial charge in [-0.2, -0.15) is 0 Å². The summed E-state index contributed by atoms with van der Waals surface area (Å²) >= 11 is 0. The molecule has 0 aromatic heterocycles. The Balaban J connectivity index is 0.00000288. The highest BCUT2D eigenvalue weighted by Crippen LogP contribution is 2.16. The van der Waals surface area contributed by atoms with Crippen LogP contribution in [0.1, 0.15) is 33.1 Å². The molecule has 2 heterocycles. The molecule has 0 aromatic rings. The van der Waals surface area contributed by atoms with Gasteiger partial charge in [-0.15, -0.1) is 24.8 Å². The van der Waals surface area contributed by atoms with E-state index >= 15 is 0 Å². The molecule has 0 bridgehead atoms. The summed E-state index contributed by atoms with van der Waals surface area (Å²) in [6.45, 7) is 11.3. The number of rotatable bonds is 7. The second kappa shape index (κ2) is 12.7. The summed E-state index contributed by atoms with van der Waals surface area (Å²) in [7, 11) is 0. The van der Waals surface area contributed by atoms with Crippen LogP contribution in [0.25, 0.3) is 0 Å². The number of nitrogens with zero attached hydrogens (tertiary/aromatic N) is 3. The lowest BCUT2D eigenvalue weighted by molar-refractivity contribution is -0.140. The van der Waals surface area contributed by atoms with Crippen LogP contribution in [0.2, 0.25) is 0 Å². The average molecular weight is 397 g/mol. The van der Waals surface area contributed by atoms with E-state index in [9.17, 15) is 9.59 Å². The molecule has 2 amide bonds. The first-order valence-electron chi connectivity index (χ1n) is 9.12. The molecular formula is C17H34Cl2N4O2. The molecule has 2 aliphatic rings. The van der Waals surface area contributed by atoms with Crippen LogP contribution in [0.5, 0.6) is 0 Å². The van der Waals surface area contributed by atoms with Crippen LogP contribution in [-0.4, -0.2) is 85.4 Å². The first-order valence-corrected chi connectivity index (χ1v) is 9.12. The molecular weight excluding hydrogens is 363 g/mol. The highest BCUT2D eigenvalue weighted by molar-refractivity contribution is 5.85. The van der Waals surface area contributed by atoms with Gasteiger partial charge in [-0.3, -0.25) is 14.5 Å². The van der Waals surface area contributed by atoms with Crippen LogP contribution in [0, 0.1) is 5.92 Å². The number of nitrogens with one attached hydrogen (secondary N) is 1. The predicted molar refractivity (Wildman–Crippen MR) is 106 cm³/mol. The van der Waals surface area contributed by atoms with Crippen molar-refractivity contribution in [1.82, 2.24) is 20.0 Å². The maximum Gasteiger partial charge on any atom is 0.236 e. The number of hydrogen-bond donors (Lipinski definition) is 1. The fourth-order valence-electron chi connectivity index (χ4n) is 3.39. The van der Waals surface area contributed by atoms with E-state index in [4.69, 9.17) is 0 Å². The molecule has 1 N–H and O–H groups in total. The van der Waals surface area contributed by atoms with Gasteiger partial charge in [0.1, 0.15) is 0 Å². The van der Waals surface area contributed by atoms with Crippen molar-refractivity contribution in [3.63, 3.8) is 0 Å². The Bertz CT molecular complexity index is 394. The van der Waals surface area contributed by atoms with Crippen molar-refractivity contribution in [2.24, 2.45) is 5.92 Å². The van der Waals surface area contributed by atoms with Crippen molar-refractivity contribution >= 4 is 36.6 Å². The zero-order valence-corrected chi connectivity index (χ0v) is 17.2. The van der Waals surface area contributed by atoms with Crippen molar-refractivity contribution in [1.29, 1.82) is 0 Å². The second-order valence-electron chi connectivity index (χ2n) is 6.62. The summed E-state index contributed by atoms with van der Waals surface area (Å²) in [5, 5.41) is 3.35. The number of piperazine rings is 1. The van der Waals surface area contributed by atoms with Gasteiger partial charge in [0.25, 0.3) is 0 Å². The number of likely N-dealkylation sites (N-methyl/N-ethyl adjacent to an activating group) is 1. The number of amides is 2. The lowest BCUT2D eigenvalue weighted by atomic mass is 10.0. The maximum atomic E-state index is 12.3. The molecule has 0 aliphatic carbocycles. The van der Waals surface area contributed by atoms with Gasteiger partial charge < -0.3 is 15.1 Å². The molecule has 6 nitrogen and oxygen atoms in total. The van der Waals surface area contributed by atoms with E-state index in [1.165, 1.54) is 6.42 Å². The molecule has 25 heavy (non-hydrogen) atoms. The SMILES string of the molecule is CCN(CC)CC(=O)N1CCN(C(=O)CCC2CCNC2)CC1.Cl.Cl. The summed E-state index contributed by atoms with van der Waals surface area (Å²) in [4.78, 5) is 30.5. The van der Waals surface area contributed by atoms with Crippen molar-refractivity contribution in [2.75, 3.05) is 58.9 Å². The minimum atomic E-state index is 0. The summed E-state index contributed by atoms with van der Waals surface area (Å²) in [5.41, 5.74) is 0. The molecule has 2 fully saturated rings. The van der Waals surface area contributed by atoms with Gasteiger partial charge in [-0.1, -0.05) is 13.8 Å². The van der Waals surface area contributed by atoms with E-state index in [1.54, 1.807) is 0 Å². The smallest absolute Gasteiger partial charge is 0.236 e. The molecule has 0 aromatic carbocycles. The molecule has 1 unspecified atom stereocenters. The van der Waals surface area contributed by atoms with Gasteiger partial charge in [0, 0.05) is 32.6 Å². The summed E-state index contributed by atoms with van der Waals surface area (Å²) in [5.74, 6) is 1.11. The van der Waals surface area contributed by atoms with Gasteiger partial charge in [0.15, 0.2) is 0 Å². The molecule has 0 radical (unpaired) electrons. The topological polar surface area (TPSA) is 55.9 Å². The van der Waals surface area contributed by atoms with Gasteiger partial charge in [-0.25, -0.2) is 0 Å². The van der Waals surface area contributed by atoms with Crippen LogP contribution >= 0.6 is 24.8 Å². The zero-order chi connectivity index (χ0) is 16.7. The molecule has 148 valence electrons. The van der Waals surface area contributed by atoms with Crippen LogP contribution < -0.4 is 5.32 Å². The summed E-state index contributed by atoms with van der Waals surface area (Å²) in [6, 6.07) is 0. The lowest BCUT2D eigenvalue weighted by Gasteiger charge is -2.36.